The fourth-order valence-electron chi connectivity index (χ4n) is 4.68. The Labute approximate surface area is 211 Å². The molecule has 0 unspecified atom stereocenters. The van der Waals surface area contributed by atoms with Gasteiger partial charge in [-0.1, -0.05) is 24.3 Å². The number of para-hydroxylation sites is 1. The lowest BCUT2D eigenvalue weighted by molar-refractivity contribution is -0.205. The van der Waals surface area contributed by atoms with Crippen LogP contribution in [0.5, 0.6) is 0 Å². The number of ether oxygens (including phenoxy) is 1. The molecule has 3 aromatic rings. The SMILES string of the molecule is O=C1NCCc2[nH]c(-c3ccnc(/C=C/c4ccccc4N4CCC(OC(=O)C(F)(F)F)CC4)c3)cc21. The lowest BCUT2D eigenvalue weighted by Gasteiger charge is -2.34. The molecule has 1 fully saturated rings. The summed E-state index contributed by atoms with van der Waals surface area (Å²) in [5.41, 5.74) is 5.99. The van der Waals surface area contributed by atoms with Crippen molar-refractivity contribution < 1.29 is 27.5 Å². The molecule has 0 spiro atoms. The molecule has 4 heterocycles. The Bertz CT molecular complexity index is 1340. The van der Waals surface area contributed by atoms with Gasteiger partial charge in [0.25, 0.3) is 5.91 Å². The highest BCUT2D eigenvalue weighted by atomic mass is 19.4. The van der Waals surface area contributed by atoms with Crippen molar-refractivity contribution in [3.63, 3.8) is 0 Å². The lowest BCUT2D eigenvalue weighted by atomic mass is 10.0. The van der Waals surface area contributed by atoms with E-state index < -0.39 is 18.2 Å². The number of nitrogens with one attached hydrogen (secondary N) is 2. The van der Waals surface area contributed by atoms with Crippen molar-refractivity contribution in [2.75, 3.05) is 24.5 Å². The van der Waals surface area contributed by atoms with Crippen molar-refractivity contribution in [1.29, 1.82) is 0 Å². The van der Waals surface area contributed by atoms with Gasteiger partial charge in [0.2, 0.25) is 0 Å². The van der Waals surface area contributed by atoms with E-state index in [0.29, 0.717) is 38.0 Å². The molecule has 7 nitrogen and oxygen atoms in total. The number of pyridine rings is 1. The molecule has 1 amide bonds. The summed E-state index contributed by atoms with van der Waals surface area (Å²) in [4.78, 5) is 33.1. The number of fused-ring (bicyclic) bond motifs is 1. The smallest absolute Gasteiger partial charge is 0.456 e. The molecule has 1 saturated heterocycles. The van der Waals surface area contributed by atoms with Gasteiger partial charge in [0.1, 0.15) is 6.10 Å². The van der Waals surface area contributed by atoms with Gasteiger partial charge in [0.15, 0.2) is 0 Å². The number of anilines is 1. The zero-order valence-corrected chi connectivity index (χ0v) is 19.8. The third kappa shape index (κ3) is 5.52. The third-order valence-corrected chi connectivity index (χ3v) is 6.55. The first-order valence-corrected chi connectivity index (χ1v) is 12.0. The predicted octanol–water partition coefficient (Wildman–Crippen LogP) is 4.61. The Balaban J connectivity index is 1.28. The van der Waals surface area contributed by atoms with Crippen LogP contribution in [-0.2, 0) is 16.0 Å². The quantitative estimate of drug-likeness (QED) is 0.490. The summed E-state index contributed by atoms with van der Waals surface area (Å²) >= 11 is 0. The molecule has 0 bridgehead atoms. The maximum absolute atomic E-state index is 12.5. The van der Waals surface area contributed by atoms with Crippen molar-refractivity contribution >= 4 is 29.7 Å². The molecule has 0 atom stereocenters. The fourth-order valence-corrected chi connectivity index (χ4v) is 4.68. The lowest BCUT2D eigenvalue weighted by Crippen LogP contribution is -2.40. The molecule has 2 aliphatic heterocycles. The van der Waals surface area contributed by atoms with Crippen molar-refractivity contribution in [2.24, 2.45) is 0 Å². The van der Waals surface area contributed by atoms with Crippen LogP contribution >= 0.6 is 0 Å². The summed E-state index contributed by atoms with van der Waals surface area (Å²) in [6.07, 6.45) is 1.24. The van der Waals surface area contributed by atoms with E-state index in [1.165, 1.54) is 0 Å². The fraction of sp³-hybridized carbons (Fsp3) is 0.296. The van der Waals surface area contributed by atoms with E-state index in [4.69, 9.17) is 0 Å². The number of rotatable bonds is 5. The number of carbonyl (C=O) groups is 2. The number of benzene rings is 1. The van der Waals surface area contributed by atoms with Crippen molar-refractivity contribution in [1.82, 2.24) is 15.3 Å². The van der Waals surface area contributed by atoms with E-state index in [-0.39, 0.29) is 5.91 Å². The maximum atomic E-state index is 12.5. The molecule has 0 radical (unpaired) electrons. The minimum atomic E-state index is -4.98. The topological polar surface area (TPSA) is 87.3 Å². The first kappa shape index (κ1) is 24.6. The number of esters is 1. The normalized spacial score (nSPS) is 16.5. The van der Waals surface area contributed by atoms with Crippen LogP contribution in [0.15, 0.2) is 48.7 Å². The van der Waals surface area contributed by atoms with Crippen LogP contribution in [0, 0.1) is 0 Å². The highest BCUT2D eigenvalue weighted by molar-refractivity contribution is 5.97. The van der Waals surface area contributed by atoms with E-state index in [9.17, 15) is 22.8 Å². The average Bonchev–Trinajstić information content (AvgIpc) is 3.34. The summed E-state index contributed by atoms with van der Waals surface area (Å²) in [6.45, 7) is 1.56. The summed E-state index contributed by atoms with van der Waals surface area (Å²) in [6, 6.07) is 13.4. The number of amides is 1. The highest BCUT2D eigenvalue weighted by Gasteiger charge is 2.42. The van der Waals surface area contributed by atoms with Crippen LogP contribution in [0.4, 0.5) is 18.9 Å². The Morgan fingerprint density at radius 2 is 1.89 bits per heavy atom. The molecular weight excluding hydrogens is 485 g/mol. The number of alkyl halides is 3. The Kier molecular flexibility index (Phi) is 6.73. The zero-order valence-electron chi connectivity index (χ0n) is 19.8. The van der Waals surface area contributed by atoms with E-state index in [1.54, 1.807) is 6.20 Å². The van der Waals surface area contributed by atoms with Crippen molar-refractivity contribution in [2.45, 2.75) is 31.5 Å². The van der Waals surface area contributed by atoms with Gasteiger partial charge in [-0.05, 0) is 35.9 Å². The second-order valence-corrected chi connectivity index (χ2v) is 9.03. The molecule has 0 saturated carbocycles. The Morgan fingerprint density at radius 1 is 1.11 bits per heavy atom. The van der Waals surface area contributed by atoms with Crippen LogP contribution in [-0.4, -0.2) is 53.8 Å². The van der Waals surface area contributed by atoms with Gasteiger partial charge in [-0.15, -0.1) is 0 Å². The van der Waals surface area contributed by atoms with Crippen molar-refractivity contribution in [3.05, 3.63) is 71.2 Å². The number of nitrogens with zero attached hydrogens (tertiary/aromatic N) is 2. The van der Waals surface area contributed by atoms with Gasteiger partial charge < -0.3 is 19.9 Å². The van der Waals surface area contributed by atoms with Crippen LogP contribution in [0.1, 0.15) is 40.2 Å². The van der Waals surface area contributed by atoms with E-state index in [1.807, 2.05) is 54.6 Å². The van der Waals surface area contributed by atoms with Crippen LogP contribution in [0.25, 0.3) is 23.4 Å². The number of hydrogen-bond donors (Lipinski definition) is 2. The zero-order chi connectivity index (χ0) is 26.0. The second kappa shape index (κ2) is 10.1. The van der Waals surface area contributed by atoms with Gasteiger partial charge in [0, 0.05) is 67.7 Å². The highest BCUT2D eigenvalue weighted by Crippen LogP contribution is 2.29. The number of aromatic nitrogens is 2. The largest absolute Gasteiger partial charge is 0.490 e. The molecule has 0 aliphatic carbocycles. The molecule has 192 valence electrons. The first-order valence-electron chi connectivity index (χ1n) is 12.0. The molecule has 1 aromatic carbocycles. The maximum Gasteiger partial charge on any atom is 0.490 e. The standard InChI is InChI=1S/C27H25F3N4O3/c28-27(29,30)26(36)37-20-9-13-34(14-10-20)24-4-2-1-3-17(24)5-6-19-15-18(7-11-31-19)23-16-21-22(33-23)8-12-32-25(21)35/h1-7,11,15-16,20,33H,8-10,12-14H2,(H,32,35)/b6-5+. The molecular formula is C27H25F3N4O3. The monoisotopic (exact) mass is 510 g/mol. The van der Waals surface area contributed by atoms with E-state index >= 15 is 0 Å². The number of aromatic amines is 1. The Hall–Kier alpha value is -4.08. The molecule has 5 rings (SSSR count). The number of H-pyrrole nitrogens is 1. The summed E-state index contributed by atoms with van der Waals surface area (Å²) in [7, 11) is 0. The van der Waals surface area contributed by atoms with Gasteiger partial charge in [-0.2, -0.15) is 13.2 Å². The van der Waals surface area contributed by atoms with Gasteiger partial charge in [0.05, 0.1) is 11.3 Å². The van der Waals surface area contributed by atoms with Crippen molar-refractivity contribution in [3.8, 4) is 11.3 Å². The summed E-state index contributed by atoms with van der Waals surface area (Å²) in [5.74, 6) is -2.20. The number of halogens is 3. The molecule has 10 heteroatoms. The van der Waals surface area contributed by atoms with Gasteiger partial charge in [-0.25, -0.2) is 4.79 Å². The molecule has 2 aromatic heterocycles. The predicted molar refractivity (Wildman–Crippen MR) is 133 cm³/mol. The van der Waals surface area contributed by atoms with Crippen LogP contribution < -0.4 is 10.2 Å². The number of hydrogen-bond acceptors (Lipinski definition) is 5. The van der Waals surface area contributed by atoms with Crippen LogP contribution in [0.2, 0.25) is 0 Å². The number of piperidine rings is 1. The Morgan fingerprint density at radius 3 is 2.65 bits per heavy atom. The van der Waals surface area contributed by atoms with E-state index in [2.05, 4.69) is 24.9 Å². The van der Waals surface area contributed by atoms with Crippen LogP contribution in [0.3, 0.4) is 0 Å². The second-order valence-electron chi connectivity index (χ2n) is 9.03. The minimum Gasteiger partial charge on any atom is -0.456 e. The minimum absolute atomic E-state index is 0.0721. The summed E-state index contributed by atoms with van der Waals surface area (Å²) in [5, 5.41) is 2.85. The van der Waals surface area contributed by atoms with Gasteiger partial charge in [-0.3, -0.25) is 9.78 Å². The average molecular weight is 511 g/mol. The first-order chi connectivity index (χ1) is 17.8. The summed E-state index contributed by atoms with van der Waals surface area (Å²) < 4.78 is 42.1. The number of carbonyl (C=O) groups excluding carboxylic acids is 2. The molecule has 2 aliphatic rings. The molecule has 37 heavy (non-hydrogen) atoms. The molecule has 2 N–H and O–H groups in total. The van der Waals surface area contributed by atoms with Gasteiger partial charge >= 0.3 is 12.1 Å². The third-order valence-electron chi connectivity index (χ3n) is 6.55. The van der Waals surface area contributed by atoms with E-state index in [0.717, 1.165) is 40.3 Å².